The lowest BCUT2D eigenvalue weighted by Crippen LogP contribution is -2.48. The summed E-state index contributed by atoms with van der Waals surface area (Å²) in [5.41, 5.74) is 1.24. The maximum absolute atomic E-state index is 12.3. The summed E-state index contributed by atoms with van der Waals surface area (Å²) in [4.78, 5) is 20.9. The summed E-state index contributed by atoms with van der Waals surface area (Å²) in [6.07, 6.45) is 11.1. The van der Waals surface area contributed by atoms with E-state index in [0.29, 0.717) is 18.2 Å². The summed E-state index contributed by atoms with van der Waals surface area (Å²) >= 11 is 0. The third kappa shape index (κ3) is 3.91. The Labute approximate surface area is 126 Å². The van der Waals surface area contributed by atoms with Crippen molar-refractivity contribution in [3.05, 3.63) is 42.2 Å². The van der Waals surface area contributed by atoms with Gasteiger partial charge in [-0.25, -0.2) is 0 Å². The highest BCUT2D eigenvalue weighted by Gasteiger charge is 2.23. The van der Waals surface area contributed by atoms with Gasteiger partial charge in [-0.1, -0.05) is 18.2 Å². The first-order valence-corrected chi connectivity index (χ1v) is 7.87. The van der Waals surface area contributed by atoms with Crippen molar-refractivity contribution in [1.82, 2.24) is 14.8 Å². The molecule has 0 radical (unpaired) electrons. The van der Waals surface area contributed by atoms with Crippen molar-refractivity contribution in [2.24, 2.45) is 5.92 Å². The van der Waals surface area contributed by atoms with Gasteiger partial charge >= 0.3 is 0 Å². The van der Waals surface area contributed by atoms with Crippen molar-refractivity contribution in [1.29, 1.82) is 0 Å². The van der Waals surface area contributed by atoms with Gasteiger partial charge in [-0.05, 0) is 30.4 Å². The fourth-order valence-corrected chi connectivity index (χ4v) is 3.12. The minimum absolute atomic E-state index is 0.326. The number of piperazine rings is 1. The Balaban J connectivity index is 1.44. The molecule has 2 aliphatic rings. The lowest BCUT2D eigenvalue weighted by atomic mass is 10.0. The van der Waals surface area contributed by atoms with Gasteiger partial charge in [0.05, 0.1) is 0 Å². The van der Waals surface area contributed by atoms with Gasteiger partial charge in [-0.15, -0.1) is 0 Å². The molecule has 1 aromatic heterocycles. The summed E-state index contributed by atoms with van der Waals surface area (Å²) in [5, 5.41) is 0. The average molecular weight is 285 g/mol. The van der Waals surface area contributed by atoms with Crippen LogP contribution in [0.2, 0.25) is 0 Å². The van der Waals surface area contributed by atoms with E-state index < -0.39 is 0 Å². The molecule has 0 aromatic carbocycles. The van der Waals surface area contributed by atoms with Gasteiger partial charge in [0.1, 0.15) is 0 Å². The van der Waals surface area contributed by atoms with Gasteiger partial charge in [0, 0.05) is 51.5 Å². The van der Waals surface area contributed by atoms with E-state index in [2.05, 4.69) is 28.1 Å². The number of nitrogens with zero attached hydrogens (tertiary/aromatic N) is 3. The van der Waals surface area contributed by atoms with Crippen molar-refractivity contribution in [2.75, 3.05) is 26.2 Å². The van der Waals surface area contributed by atoms with Crippen molar-refractivity contribution < 1.29 is 4.79 Å². The van der Waals surface area contributed by atoms with Gasteiger partial charge in [-0.3, -0.25) is 14.7 Å². The van der Waals surface area contributed by atoms with Crippen LogP contribution in [-0.4, -0.2) is 46.9 Å². The van der Waals surface area contributed by atoms with Crippen molar-refractivity contribution in [3.63, 3.8) is 0 Å². The number of rotatable bonds is 4. The van der Waals surface area contributed by atoms with Crippen molar-refractivity contribution in [3.8, 4) is 0 Å². The van der Waals surface area contributed by atoms with Gasteiger partial charge in [-0.2, -0.15) is 0 Å². The van der Waals surface area contributed by atoms with Crippen LogP contribution in [0.15, 0.2) is 36.7 Å². The SMILES string of the molecule is O=C(C[C@H]1C=CCC1)N1CCN(Cc2cccnc2)CC1. The molecule has 0 saturated carbocycles. The smallest absolute Gasteiger partial charge is 0.223 e. The summed E-state index contributed by atoms with van der Waals surface area (Å²) in [6, 6.07) is 4.08. The number of carbonyl (C=O) groups is 1. The van der Waals surface area contributed by atoms with Crippen LogP contribution in [0, 0.1) is 5.92 Å². The Morgan fingerprint density at radius 1 is 1.29 bits per heavy atom. The quantitative estimate of drug-likeness (QED) is 0.795. The van der Waals surface area contributed by atoms with Gasteiger partial charge in [0.15, 0.2) is 0 Å². The zero-order valence-corrected chi connectivity index (χ0v) is 12.4. The number of hydrogen-bond acceptors (Lipinski definition) is 3. The van der Waals surface area contributed by atoms with Crippen LogP contribution in [0.25, 0.3) is 0 Å². The highest BCUT2D eigenvalue weighted by molar-refractivity contribution is 5.76. The van der Waals surface area contributed by atoms with Crippen LogP contribution in [0.3, 0.4) is 0 Å². The highest BCUT2D eigenvalue weighted by atomic mass is 16.2. The number of pyridine rings is 1. The van der Waals surface area contributed by atoms with Crippen molar-refractivity contribution in [2.45, 2.75) is 25.8 Å². The second kappa shape index (κ2) is 6.85. The predicted molar refractivity (Wildman–Crippen MR) is 82.6 cm³/mol. The first-order chi connectivity index (χ1) is 10.3. The Hall–Kier alpha value is -1.68. The molecule has 1 aromatic rings. The molecule has 4 heteroatoms. The molecule has 1 saturated heterocycles. The molecule has 0 N–H and O–H groups in total. The number of hydrogen-bond donors (Lipinski definition) is 0. The number of amides is 1. The van der Waals surface area contributed by atoms with Gasteiger partial charge in [0.2, 0.25) is 5.91 Å². The number of carbonyl (C=O) groups excluding carboxylic acids is 1. The summed E-state index contributed by atoms with van der Waals surface area (Å²) in [5.74, 6) is 0.804. The zero-order valence-electron chi connectivity index (χ0n) is 12.4. The van der Waals surface area contributed by atoms with Gasteiger partial charge in [0.25, 0.3) is 0 Å². The second-order valence-corrected chi connectivity index (χ2v) is 5.99. The second-order valence-electron chi connectivity index (χ2n) is 5.99. The lowest BCUT2D eigenvalue weighted by molar-refractivity contribution is -0.133. The molecule has 2 heterocycles. The van der Waals surface area contributed by atoms with Crippen LogP contribution >= 0.6 is 0 Å². The van der Waals surface area contributed by atoms with Crippen LogP contribution in [0.1, 0.15) is 24.8 Å². The number of aromatic nitrogens is 1. The summed E-state index contributed by atoms with van der Waals surface area (Å²) in [7, 11) is 0. The maximum atomic E-state index is 12.3. The summed E-state index contributed by atoms with van der Waals surface area (Å²) < 4.78 is 0. The monoisotopic (exact) mass is 285 g/mol. The lowest BCUT2D eigenvalue weighted by Gasteiger charge is -2.35. The van der Waals surface area contributed by atoms with Gasteiger partial charge < -0.3 is 4.90 Å². The van der Waals surface area contributed by atoms with Crippen LogP contribution < -0.4 is 0 Å². The molecule has 0 bridgehead atoms. The molecule has 21 heavy (non-hydrogen) atoms. The minimum atomic E-state index is 0.326. The van der Waals surface area contributed by atoms with E-state index in [4.69, 9.17) is 0 Å². The molecule has 1 fully saturated rings. The van der Waals surface area contributed by atoms with E-state index in [-0.39, 0.29) is 0 Å². The predicted octanol–water partition coefficient (Wildman–Crippen LogP) is 2.08. The Morgan fingerprint density at radius 3 is 2.81 bits per heavy atom. The molecule has 112 valence electrons. The van der Waals surface area contributed by atoms with Crippen LogP contribution in [0.5, 0.6) is 0 Å². The molecule has 1 amide bonds. The molecule has 1 atom stereocenters. The first kappa shape index (κ1) is 14.3. The summed E-state index contributed by atoms with van der Waals surface area (Å²) in [6.45, 7) is 4.56. The fraction of sp³-hybridized carbons (Fsp3) is 0.529. The van der Waals surface area contributed by atoms with Crippen LogP contribution in [-0.2, 0) is 11.3 Å². The molecule has 0 spiro atoms. The molecule has 1 aliphatic carbocycles. The zero-order chi connectivity index (χ0) is 14.5. The van der Waals surface area contributed by atoms with E-state index in [9.17, 15) is 4.79 Å². The maximum Gasteiger partial charge on any atom is 0.223 e. The molecular weight excluding hydrogens is 262 g/mol. The van der Waals surface area contributed by atoms with E-state index in [1.54, 1.807) is 6.20 Å². The standard InChI is InChI=1S/C17H23N3O/c21-17(12-15-4-1-2-5-15)20-10-8-19(9-11-20)14-16-6-3-7-18-13-16/h1,3-4,6-7,13,15H,2,5,8-12,14H2/t15-/m0/s1. The molecular formula is C17H23N3O. The normalized spacial score (nSPS) is 22.7. The third-order valence-corrected chi connectivity index (χ3v) is 4.40. The van der Waals surface area contributed by atoms with E-state index in [0.717, 1.165) is 45.6 Å². The largest absolute Gasteiger partial charge is 0.340 e. The van der Waals surface area contributed by atoms with Crippen LogP contribution in [0.4, 0.5) is 0 Å². The third-order valence-electron chi connectivity index (χ3n) is 4.40. The Kier molecular flexibility index (Phi) is 4.65. The average Bonchev–Trinajstić information content (AvgIpc) is 3.02. The molecule has 3 rings (SSSR count). The van der Waals surface area contributed by atoms with Crippen molar-refractivity contribution >= 4 is 5.91 Å². The van der Waals surface area contributed by atoms with E-state index in [1.807, 2.05) is 17.2 Å². The topological polar surface area (TPSA) is 36.4 Å². The Bertz CT molecular complexity index is 492. The minimum Gasteiger partial charge on any atom is -0.340 e. The van der Waals surface area contributed by atoms with E-state index >= 15 is 0 Å². The molecule has 0 unspecified atom stereocenters. The first-order valence-electron chi connectivity index (χ1n) is 7.87. The Morgan fingerprint density at radius 2 is 2.14 bits per heavy atom. The highest BCUT2D eigenvalue weighted by Crippen LogP contribution is 2.21. The van der Waals surface area contributed by atoms with E-state index in [1.165, 1.54) is 5.56 Å². The number of allylic oxidation sites excluding steroid dienone is 2. The molecule has 1 aliphatic heterocycles. The fourth-order valence-electron chi connectivity index (χ4n) is 3.12. The molecule has 4 nitrogen and oxygen atoms in total.